The van der Waals surface area contributed by atoms with E-state index < -0.39 is 5.97 Å². The van der Waals surface area contributed by atoms with Crippen LogP contribution in [0.1, 0.15) is 48.9 Å². The summed E-state index contributed by atoms with van der Waals surface area (Å²) in [5, 5.41) is 11.9. The molecule has 86 valence electrons. The van der Waals surface area contributed by atoms with Crippen LogP contribution in [0, 0.1) is 0 Å². The first-order valence-electron chi connectivity index (χ1n) is 5.72. The number of nitrogens with one attached hydrogen (secondary N) is 1. The molecule has 0 amide bonds. The van der Waals surface area contributed by atoms with Crippen molar-refractivity contribution < 1.29 is 9.90 Å². The number of nitrogens with zero attached hydrogens (tertiary/aromatic N) is 1. The molecule has 0 aromatic carbocycles. The maximum Gasteiger partial charge on any atom is 0.308 e. The largest absolute Gasteiger partial charge is 0.481 e. The minimum Gasteiger partial charge on any atom is -0.481 e. The molecule has 0 spiro atoms. The summed E-state index contributed by atoms with van der Waals surface area (Å²) in [5.74, 6) is -0.539. The number of rotatable bonds is 4. The van der Waals surface area contributed by atoms with E-state index in [9.17, 15) is 9.59 Å². The minimum absolute atomic E-state index is 0.119. The molecule has 3 rings (SSSR count). The molecule has 0 unspecified atom stereocenters. The van der Waals surface area contributed by atoms with Gasteiger partial charge in [0.2, 0.25) is 0 Å². The first-order chi connectivity index (χ1) is 7.66. The van der Waals surface area contributed by atoms with E-state index in [4.69, 9.17) is 5.11 Å². The van der Waals surface area contributed by atoms with Crippen LogP contribution in [-0.2, 0) is 11.2 Å². The van der Waals surface area contributed by atoms with Gasteiger partial charge in [-0.15, -0.1) is 0 Å². The molecule has 16 heavy (non-hydrogen) atoms. The molecule has 0 aliphatic heterocycles. The quantitative estimate of drug-likeness (QED) is 0.798. The first-order valence-corrected chi connectivity index (χ1v) is 5.72. The number of aliphatic carboxylic acids is 1. The number of H-pyrrole nitrogens is 1. The Bertz CT molecular complexity index is 492. The van der Waals surface area contributed by atoms with Gasteiger partial charge in [0.05, 0.1) is 18.0 Å². The average Bonchev–Trinajstić information content (AvgIpc) is 3.11. The van der Waals surface area contributed by atoms with Crippen LogP contribution in [0.15, 0.2) is 4.79 Å². The van der Waals surface area contributed by atoms with Crippen LogP contribution >= 0.6 is 0 Å². The van der Waals surface area contributed by atoms with E-state index in [1.165, 1.54) is 0 Å². The highest BCUT2D eigenvalue weighted by Gasteiger charge is 2.34. The number of carboxylic acid groups (broad SMARTS) is 1. The SMILES string of the molecule is O=C(O)Cc1c(C2CC2)[nH]n(C2CC2)c1=O. The maximum atomic E-state index is 12.0. The highest BCUT2D eigenvalue weighted by atomic mass is 16.4. The molecule has 0 saturated heterocycles. The van der Waals surface area contributed by atoms with Crippen molar-refractivity contribution in [1.82, 2.24) is 9.78 Å². The highest BCUT2D eigenvalue weighted by molar-refractivity contribution is 5.70. The van der Waals surface area contributed by atoms with E-state index in [1.807, 2.05) is 0 Å². The second kappa shape index (κ2) is 3.23. The Kier molecular flexibility index (Phi) is 1.96. The molecule has 2 fully saturated rings. The van der Waals surface area contributed by atoms with Crippen LogP contribution in [0.3, 0.4) is 0 Å². The van der Waals surface area contributed by atoms with Crippen LogP contribution in [0.4, 0.5) is 0 Å². The zero-order chi connectivity index (χ0) is 11.3. The van der Waals surface area contributed by atoms with Gasteiger partial charge in [-0.1, -0.05) is 0 Å². The van der Waals surface area contributed by atoms with Crippen molar-refractivity contribution in [2.45, 2.75) is 44.1 Å². The predicted molar refractivity (Wildman–Crippen MR) is 56.6 cm³/mol. The van der Waals surface area contributed by atoms with Crippen LogP contribution in [0.5, 0.6) is 0 Å². The summed E-state index contributed by atoms with van der Waals surface area (Å²) in [4.78, 5) is 22.8. The summed E-state index contributed by atoms with van der Waals surface area (Å²) >= 11 is 0. The summed E-state index contributed by atoms with van der Waals surface area (Å²) < 4.78 is 1.63. The fraction of sp³-hybridized carbons (Fsp3) is 0.636. The summed E-state index contributed by atoms with van der Waals surface area (Å²) in [5.41, 5.74) is 1.23. The number of aromatic nitrogens is 2. The highest BCUT2D eigenvalue weighted by Crippen LogP contribution is 2.41. The maximum absolute atomic E-state index is 12.0. The standard InChI is InChI=1S/C11H14N2O3/c14-9(15)5-8-10(6-1-2-6)12-13(11(8)16)7-3-4-7/h6-7,12H,1-5H2,(H,14,15). The van der Waals surface area contributed by atoms with Crippen molar-refractivity contribution in [3.8, 4) is 0 Å². The average molecular weight is 222 g/mol. The summed E-state index contributed by atoms with van der Waals surface area (Å²) in [6.45, 7) is 0. The van der Waals surface area contributed by atoms with Crippen LogP contribution < -0.4 is 5.56 Å². The monoisotopic (exact) mass is 222 g/mol. The van der Waals surface area contributed by atoms with E-state index in [1.54, 1.807) is 4.68 Å². The molecule has 0 atom stereocenters. The minimum atomic E-state index is -0.930. The molecule has 2 N–H and O–H groups in total. The Balaban J connectivity index is 2.03. The van der Waals surface area contributed by atoms with E-state index >= 15 is 0 Å². The van der Waals surface area contributed by atoms with Gasteiger partial charge in [0.1, 0.15) is 0 Å². The normalized spacial score (nSPS) is 20.0. The molecular weight excluding hydrogens is 208 g/mol. The van der Waals surface area contributed by atoms with E-state index in [0.717, 1.165) is 31.4 Å². The lowest BCUT2D eigenvalue weighted by molar-refractivity contribution is -0.136. The molecule has 1 aromatic rings. The number of carboxylic acids is 1. The Morgan fingerprint density at radius 2 is 2.06 bits per heavy atom. The molecule has 2 aliphatic carbocycles. The lowest BCUT2D eigenvalue weighted by Gasteiger charge is -1.96. The second-order valence-corrected chi connectivity index (χ2v) is 4.76. The van der Waals surface area contributed by atoms with E-state index in [2.05, 4.69) is 5.10 Å². The summed E-state index contributed by atoms with van der Waals surface area (Å²) in [6, 6.07) is 0.285. The van der Waals surface area contributed by atoms with Crippen molar-refractivity contribution in [2.75, 3.05) is 0 Å². The van der Waals surface area contributed by atoms with Gasteiger partial charge < -0.3 is 5.11 Å². The van der Waals surface area contributed by atoms with Crippen LogP contribution in [-0.4, -0.2) is 20.9 Å². The molecule has 2 aliphatic rings. The summed E-state index contributed by atoms with van der Waals surface area (Å²) in [6.07, 6.45) is 4.03. The van der Waals surface area contributed by atoms with Gasteiger partial charge in [-0.05, 0) is 25.7 Å². The molecule has 0 bridgehead atoms. The van der Waals surface area contributed by atoms with E-state index in [-0.39, 0.29) is 18.0 Å². The molecule has 1 aromatic heterocycles. The Hall–Kier alpha value is -1.52. The van der Waals surface area contributed by atoms with Crippen molar-refractivity contribution in [1.29, 1.82) is 0 Å². The van der Waals surface area contributed by atoms with Gasteiger partial charge in [-0.2, -0.15) is 0 Å². The smallest absolute Gasteiger partial charge is 0.308 e. The molecule has 5 nitrogen and oxygen atoms in total. The Morgan fingerprint density at radius 1 is 1.38 bits per heavy atom. The fourth-order valence-electron chi connectivity index (χ4n) is 2.13. The number of carbonyl (C=O) groups is 1. The molecule has 1 heterocycles. The molecule has 5 heteroatoms. The zero-order valence-electron chi connectivity index (χ0n) is 8.90. The van der Waals surface area contributed by atoms with Gasteiger partial charge in [0.25, 0.3) is 5.56 Å². The van der Waals surface area contributed by atoms with E-state index in [0.29, 0.717) is 11.5 Å². The third-order valence-corrected chi connectivity index (χ3v) is 3.27. The molecular formula is C11H14N2O3. The first kappa shape index (κ1) is 9.69. The van der Waals surface area contributed by atoms with Crippen LogP contribution in [0.2, 0.25) is 0 Å². The van der Waals surface area contributed by atoms with Crippen molar-refractivity contribution in [3.05, 3.63) is 21.6 Å². The number of hydrogen-bond donors (Lipinski definition) is 2. The lowest BCUT2D eigenvalue weighted by Crippen LogP contribution is -2.19. The van der Waals surface area contributed by atoms with Gasteiger partial charge in [0.15, 0.2) is 0 Å². The fourth-order valence-corrected chi connectivity index (χ4v) is 2.13. The summed E-state index contributed by atoms with van der Waals surface area (Å²) in [7, 11) is 0. The van der Waals surface area contributed by atoms with Gasteiger partial charge in [-0.3, -0.25) is 14.7 Å². The van der Waals surface area contributed by atoms with Crippen molar-refractivity contribution in [2.24, 2.45) is 0 Å². The molecule has 2 saturated carbocycles. The van der Waals surface area contributed by atoms with Gasteiger partial charge in [-0.25, -0.2) is 4.68 Å². The van der Waals surface area contributed by atoms with Gasteiger partial charge in [0, 0.05) is 11.6 Å². The second-order valence-electron chi connectivity index (χ2n) is 4.76. The lowest BCUT2D eigenvalue weighted by atomic mass is 10.1. The Labute approximate surface area is 92.1 Å². The zero-order valence-corrected chi connectivity index (χ0v) is 8.90. The number of hydrogen-bond acceptors (Lipinski definition) is 2. The number of aromatic amines is 1. The Morgan fingerprint density at radius 3 is 2.56 bits per heavy atom. The van der Waals surface area contributed by atoms with Crippen molar-refractivity contribution in [3.63, 3.8) is 0 Å². The topological polar surface area (TPSA) is 75.1 Å². The third-order valence-electron chi connectivity index (χ3n) is 3.27. The van der Waals surface area contributed by atoms with Crippen LogP contribution in [0.25, 0.3) is 0 Å². The molecule has 0 radical (unpaired) electrons. The third kappa shape index (κ3) is 1.56. The van der Waals surface area contributed by atoms with Gasteiger partial charge >= 0.3 is 5.97 Å². The van der Waals surface area contributed by atoms with Crippen molar-refractivity contribution >= 4 is 5.97 Å². The predicted octanol–water partition coefficient (Wildman–Crippen LogP) is 1.02.